The maximum absolute atomic E-state index is 13.4. The number of Topliss-reactive ketones (excluding diaryl/α,β-unsaturated/α-hetero) is 2. The first kappa shape index (κ1) is 24.0. The normalized spacial score (nSPS) is 17.9. The second-order valence-corrected chi connectivity index (χ2v) is 8.52. The lowest BCUT2D eigenvalue weighted by atomic mass is 9.74. The van der Waals surface area contributed by atoms with Gasteiger partial charge in [0.05, 0.1) is 18.4 Å². The Morgan fingerprint density at radius 2 is 1.17 bits per heavy atom. The summed E-state index contributed by atoms with van der Waals surface area (Å²) in [6, 6.07) is 23.8. The Hall–Kier alpha value is -4.13. The molecule has 0 aliphatic heterocycles. The first-order valence-electron chi connectivity index (χ1n) is 11.5. The van der Waals surface area contributed by atoms with Gasteiger partial charge in [0.1, 0.15) is 0 Å². The molecule has 1 aliphatic rings. The third-order valence-electron chi connectivity index (χ3n) is 6.68. The molecule has 0 bridgehead atoms. The van der Waals surface area contributed by atoms with Crippen LogP contribution in [0.25, 0.3) is 0 Å². The highest BCUT2D eigenvalue weighted by molar-refractivity contribution is 6.00. The van der Waals surface area contributed by atoms with Crippen molar-refractivity contribution < 1.29 is 24.0 Å². The first-order valence-corrected chi connectivity index (χ1v) is 11.5. The number of ketones is 2. The van der Waals surface area contributed by atoms with E-state index in [1.165, 1.54) is 0 Å². The smallest absolute Gasteiger partial charge is 0.386 e. The van der Waals surface area contributed by atoms with Crippen LogP contribution in [0.1, 0.15) is 63.4 Å². The molecule has 1 aliphatic carbocycles. The monoisotopic (exact) mass is 471 g/mol. The summed E-state index contributed by atoms with van der Waals surface area (Å²) in [5.74, 6) is -3.85. The summed E-state index contributed by atoms with van der Waals surface area (Å²) in [6.07, 6.45) is -0.534. The van der Waals surface area contributed by atoms with Crippen LogP contribution < -0.4 is 0 Å². The maximum atomic E-state index is 13.4. The Kier molecular flexibility index (Phi) is 6.87. The van der Waals surface area contributed by atoms with E-state index >= 15 is 0 Å². The van der Waals surface area contributed by atoms with E-state index in [-0.39, 0.29) is 31.0 Å². The molecule has 0 spiro atoms. The Labute approximate surface area is 202 Å². The van der Waals surface area contributed by atoms with Crippen molar-refractivity contribution >= 4 is 17.5 Å². The van der Waals surface area contributed by atoms with E-state index in [2.05, 4.69) is 0 Å². The predicted molar refractivity (Wildman–Crippen MR) is 129 cm³/mol. The molecule has 0 radical (unpaired) electrons. The molecule has 7 heteroatoms. The standard InChI is InChI=1S/C28H25NO6/c1-2-35-27(32)28(29(33)34)23(17-25(30)19-11-5-3-6-12-19)21-15-9-10-16-22(21)24(28)18-26(31)20-13-7-4-8-14-20/h3-16,23-24H,2,17-18H2,1H3/t23-,24-/m0/s1. The molecule has 0 saturated heterocycles. The number of nitrogens with zero attached hydrogens (tertiary/aromatic N) is 1. The third-order valence-corrected chi connectivity index (χ3v) is 6.68. The number of benzene rings is 3. The number of carbonyl (C=O) groups excluding carboxylic acids is 3. The maximum Gasteiger partial charge on any atom is 0.386 e. The van der Waals surface area contributed by atoms with Gasteiger partial charge < -0.3 is 4.74 Å². The van der Waals surface area contributed by atoms with Crippen molar-refractivity contribution in [3.8, 4) is 0 Å². The zero-order valence-corrected chi connectivity index (χ0v) is 19.3. The number of hydrogen-bond acceptors (Lipinski definition) is 6. The highest BCUT2D eigenvalue weighted by Crippen LogP contribution is 2.55. The molecule has 178 valence electrons. The third kappa shape index (κ3) is 4.25. The highest BCUT2D eigenvalue weighted by Gasteiger charge is 2.69. The molecule has 0 aromatic heterocycles. The van der Waals surface area contributed by atoms with E-state index in [0.717, 1.165) is 0 Å². The molecule has 0 fully saturated rings. The molecular formula is C28H25NO6. The van der Waals surface area contributed by atoms with Crippen LogP contribution in [0.2, 0.25) is 0 Å². The summed E-state index contributed by atoms with van der Waals surface area (Å²) in [4.78, 5) is 52.1. The largest absolute Gasteiger partial charge is 0.461 e. The molecule has 0 amide bonds. The number of esters is 1. The lowest BCUT2D eigenvalue weighted by Gasteiger charge is -2.30. The van der Waals surface area contributed by atoms with Crippen LogP contribution in [-0.4, -0.2) is 34.6 Å². The lowest BCUT2D eigenvalue weighted by Crippen LogP contribution is -2.54. The average molecular weight is 472 g/mol. The molecule has 3 aromatic carbocycles. The van der Waals surface area contributed by atoms with Crippen LogP contribution in [0, 0.1) is 10.1 Å². The summed E-state index contributed by atoms with van der Waals surface area (Å²) in [7, 11) is 0. The van der Waals surface area contributed by atoms with Crippen LogP contribution in [0.5, 0.6) is 0 Å². The molecule has 2 atom stereocenters. The van der Waals surface area contributed by atoms with Gasteiger partial charge in [-0.25, -0.2) is 4.79 Å². The van der Waals surface area contributed by atoms with Gasteiger partial charge in [0.15, 0.2) is 11.6 Å². The van der Waals surface area contributed by atoms with Crippen molar-refractivity contribution in [1.29, 1.82) is 0 Å². The summed E-state index contributed by atoms with van der Waals surface area (Å²) in [6.45, 7) is 1.51. The Morgan fingerprint density at radius 3 is 1.54 bits per heavy atom. The Morgan fingerprint density at radius 1 is 0.771 bits per heavy atom. The lowest BCUT2D eigenvalue weighted by molar-refractivity contribution is -0.562. The van der Waals surface area contributed by atoms with E-state index < -0.39 is 28.3 Å². The number of fused-ring (bicyclic) bond motifs is 1. The second kappa shape index (κ2) is 10.0. The number of hydrogen-bond donors (Lipinski definition) is 0. The zero-order chi connectivity index (χ0) is 25.0. The minimum Gasteiger partial charge on any atom is -0.461 e. The van der Waals surface area contributed by atoms with Crippen LogP contribution in [0.3, 0.4) is 0 Å². The Bertz CT molecular complexity index is 1170. The SMILES string of the molecule is CCOC(=O)C1([N+](=O)[O-])[C@@H](CC(=O)c2ccccc2)c2ccccc2[C@@H]1CC(=O)c1ccccc1. The van der Waals surface area contributed by atoms with E-state index in [1.807, 2.05) is 0 Å². The Balaban J connectivity index is 1.85. The summed E-state index contributed by atoms with van der Waals surface area (Å²) in [5.41, 5.74) is -0.473. The molecular weight excluding hydrogens is 446 g/mol. The highest BCUT2D eigenvalue weighted by atomic mass is 16.6. The van der Waals surface area contributed by atoms with Gasteiger partial charge >= 0.3 is 11.5 Å². The van der Waals surface area contributed by atoms with Gasteiger partial charge in [-0.2, -0.15) is 0 Å². The van der Waals surface area contributed by atoms with Crippen molar-refractivity contribution in [3.63, 3.8) is 0 Å². The van der Waals surface area contributed by atoms with Crippen molar-refractivity contribution in [2.45, 2.75) is 37.1 Å². The quantitative estimate of drug-likeness (QED) is 0.188. The number of carbonyl (C=O) groups is 3. The fourth-order valence-electron chi connectivity index (χ4n) is 5.11. The van der Waals surface area contributed by atoms with Gasteiger partial charge in [-0.1, -0.05) is 84.9 Å². The van der Waals surface area contributed by atoms with Gasteiger partial charge in [-0.3, -0.25) is 19.7 Å². The van der Waals surface area contributed by atoms with Gasteiger partial charge in [0.2, 0.25) is 0 Å². The molecule has 3 aromatic rings. The second-order valence-electron chi connectivity index (χ2n) is 8.52. The van der Waals surface area contributed by atoms with E-state index in [4.69, 9.17) is 4.74 Å². The molecule has 7 nitrogen and oxygen atoms in total. The van der Waals surface area contributed by atoms with Crippen LogP contribution >= 0.6 is 0 Å². The van der Waals surface area contributed by atoms with Crippen LogP contribution in [0.4, 0.5) is 0 Å². The number of ether oxygens (including phenoxy) is 1. The first-order chi connectivity index (χ1) is 16.9. The van der Waals surface area contributed by atoms with E-state index in [1.54, 1.807) is 91.9 Å². The molecule has 4 rings (SSSR count). The fraction of sp³-hybridized carbons (Fsp3) is 0.250. The van der Waals surface area contributed by atoms with E-state index in [9.17, 15) is 24.5 Å². The summed E-state index contributed by atoms with van der Waals surface area (Å²) >= 11 is 0. The fourth-order valence-corrected chi connectivity index (χ4v) is 5.11. The predicted octanol–water partition coefficient (Wildman–Crippen LogP) is 4.99. The molecule has 0 unspecified atom stereocenters. The molecule has 35 heavy (non-hydrogen) atoms. The number of rotatable bonds is 9. The van der Waals surface area contributed by atoms with Gasteiger partial charge in [-0.15, -0.1) is 0 Å². The number of nitro groups is 1. The van der Waals surface area contributed by atoms with Crippen molar-refractivity contribution in [2.24, 2.45) is 0 Å². The molecule has 0 N–H and O–H groups in total. The topological polar surface area (TPSA) is 104 Å². The van der Waals surface area contributed by atoms with Crippen LogP contribution in [-0.2, 0) is 9.53 Å². The van der Waals surface area contributed by atoms with Gasteiger partial charge in [0, 0.05) is 28.9 Å². The van der Waals surface area contributed by atoms with Crippen molar-refractivity contribution in [2.75, 3.05) is 6.61 Å². The van der Waals surface area contributed by atoms with E-state index in [0.29, 0.717) is 22.3 Å². The van der Waals surface area contributed by atoms with Crippen molar-refractivity contribution in [3.05, 3.63) is 117 Å². The minimum atomic E-state index is -2.31. The summed E-state index contributed by atoms with van der Waals surface area (Å²) < 4.78 is 5.25. The van der Waals surface area contributed by atoms with Crippen molar-refractivity contribution in [1.82, 2.24) is 0 Å². The van der Waals surface area contributed by atoms with Crippen LogP contribution in [0.15, 0.2) is 84.9 Å². The molecule has 0 saturated carbocycles. The van der Waals surface area contributed by atoms with Gasteiger partial charge in [-0.05, 0) is 18.1 Å². The average Bonchev–Trinajstić information content (AvgIpc) is 3.15. The molecule has 0 heterocycles. The minimum absolute atomic E-state index is 0.0660. The zero-order valence-electron chi connectivity index (χ0n) is 19.3. The van der Waals surface area contributed by atoms with Gasteiger partial charge in [0.25, 0.3) is 0 Å². The summed E-state index contributed by atoms with van der Waals surface area (Å²) in [5, 5.41) is 12.8.